The molecule has 3 aromatic rings. The van der Waals surface area contributed by atoms with E-state index in [9.17, 15) is 18.0 Å². The normalized spacial score (nSPS) is 10.9. The highest BCUT2D eigenvalue weighted by atomic mass is 35.5. The van der Waals surface area contributed by atoms with Gasteiger partial charge in [-0.25, -0.2) is 9.37 Å². The number of halogens is 4. The maximum absolute atomic E-state index is 13.8. The quantitative estimate of drug-likeness (QED) is 0.550. The molecule has 0 saturated carbocycles. The fraction of sp³-hybridized carbons (Fsp3) is 0.0588. The van der Waals surface area contributed by atoms with Crippen molar-refractivity contribution in [1.82, 2.24) is 4.98 Å². The Morgan fingerprint density at radius 3 is 2.56 bits per heavy atom. The van der Waals surface area contributed by atoms with Crippen molar-refractivity contribution in [1.29, 1.82) is 0 Å². The molecule has 10 heteroatoms. The zero-order valence-corrected chi connectivity index (χ0v) is 15.0. The van der Waals surface area contributed by atoms with Crippen molar-refractivity contribution in [2.45, 2.75) is 6.61 Å². The number of aromatic nitrogens is 1. The summed E-state index contributed by atoms with van der Waals surface area (Å²) in [7, 11) is 0. The summed E-state index contributed by atoms with van der Waals surface area (Å²) in [6.07, 6.45) is 0. The van der Waals surface area contributed by atoms with E-state index in [4.69, 9.17) is 17.3 Å². The average molecular weight is 414 g/mol. The minimum absolute atomic E-state index is 0.0144. The summed E-state index contributed by atoms with van der Waals surface area (Å²) < 4.78 is 42.1. The molecule has 0 saturated heterocycles. The van der Waals surface area contributed by atoms with Gasteiger partial charge in [0.1, 0.15) is 10.7 Å². The van der Waals surface area contributed by atoms with E-state index in [1.165, 1.54) is 6.07 Å². The number of carbonyl (C=O) groups excluding carboxylic acids is 1. The van der Waals surface area contributed by atoms with Gasteiger partial charge in [-0.2, -0.15) is 8.78 Å². The molecular weight excluding hydrogens is 403 g/mol. The lowest BCUT2D eigenvalue weighted by molar-refractivity contribution is -0.0521. The molecule has 0 amide bonds. The second kappa shape index (κ2) is 7.85. The first-order valence-corrected chi connectivity index (χ1v) is 8.61. The van der Waals surface area contributed by atoms with Crippen LogP contribution < -0.4 is 15.8 Å². The molecule has 0 spiro atoms. The van der Waals surface area contributed by atoms with Crippen LogP contribution in [0.3, 0.4) is 0 Å². The van der Waals surface area contributed by atoms with Crippen molar-refractivity contribution in [2.24, 2.45) is 0 Å². The van der Waals surface area contributed by atoms with Crippen molar-refractivity contribution in [3.63, 3.8) is 0 Å². The molecule has 2 aromatic carbocycles. The van der Waals surface area contributed by atoms with Gasteiger partial charge >= 0.3 is 6.61 Å². The van der Waals surface area contributed by atoms with Crippen LogP contribution in [0.25, 0.3) is 0 Å². The minimum Gasteiger partial charge on any atom is -0.432 e. The van der Waals surface area contributed by atoms with E-state index in [1.54, 1.807) is 24.3 Å². The number of carbonyl (C=O) groups is 1. The van der Waals surface area contributed by atoms with Gasteiger partial charge in [0.15, 0.2) is 16.7 Å². The van der Waals surface area contributed by atoms with Crippen molar-refractivity contribution in [3.05, 3.63) is 63.7 Å². The molecule has 0 bridgehead atoms. The number of nitrogens with two attached hydrogens (primary N) is 1. The van der Waals surface area contributed by atoms with Crippen LogP contribution in [0.5, 0.6) is 5.75 Å². The SMILES string of the molecule is Nc1nc(Nc2ccc(OC(F)F)c(F)c2)sc1C(=O)c1ccc(Cl)cc1. The van der Waals surface area contributed by atoms with Crippen molar-refractivity contribution >= 4 is 45.4 Å². The number of nitrogens with zero attached hydrogens (tertiary/aromatic N) is 1. The molecule has 0 radical (unpaired) electrons. The highest BCUT2D eigenvalue weighted by Gasteiger charge is 2.18. The number of thiazole rings is 1. The largest absolute Gasteiger partial charge is 0.432 e. The van der Waals surface area contributed by atoms with Gasteiger partial charge in [0.05, 0.1) is 0 Å². The van der Waals surface area contributed by atoms with Crippen LogP contribution in [0.1, 0.15) is 15.2 Å². The molecule has 27 heavy (non-hydrogen) atoms. The number of rotatable bonds is 6. The Bertz CT molecular complexity index is 980. The van der Waals surface area contributed by atoms with Crippen LogP contribution in [-0.2, 0) is 0 Å². The monoisotopic (exact) mass is 413 g/mol. The van der Waals surface area contributed by atoms with E-state index in [0.29, 0.717) is 10.6 Å². The Morgan fingerprint density at radius 2 is 1.93 bits per heavy atom. The number of nitrogen functional groups attached to an aromatic ring is 1. The lowest BCUT2D eigenvalue weighted by atomic mass is 10.1. The first kappa shape index (κ1) is 19.0. The lowest BCUT2D eigenvalue weighted by Crippen LogP contribution is -2.04. The highest BCUT2D eigenvalue weighted by Crippen LogP contribution is 2.31. The van der Waals surface area contributed by atoms with Crippen LogP contribution in [0.15, 0.2) is 42.5 Å². The minimum atomic E-state index is -3.13. The summed E-state index contributed by atoms with van der Waals surface area (Å²) >= 11 is 6.78. The summed E-state index contributed by atoms with van der Waals surface area (Å²) in [6.45, 7) is -3.13. The molecule has 5 nitrogen and oxygen atoms in total. The van der Waals surface area contributed by atoms with E-state index in [-0.39, 0.29) is 27.3 Å². The molecular formula is C17H11ClF3N3O2S. The molecule has 0 aliphatic carbocycles. The van der Waals surface area contributed by atoms with Gasteiger partial charge in [0.2, 0.25) is 5.78 Å². The third kappa shape index (κ3) is 4.50. The number of ketones is 1. The van der Waals surface area contributed by atoms with Crippen molar-refractivity contribution < 1.29 is 22.7 Å². The fourth-order valence-electron chi connectivity index (χ4n) is 2.17. The maximum atomic E-state index is 13.8. The summed E-state index contributed by atoms with van der Waals surface area (Å²) in [5.41, 5.74) is 6.43. The van der Waals surface area contributed by atoms with Gasteiger partial charge in [0.25, 0.3) is 0 Å². The first-order valence-electron chi connectivity index (χ1n) is 7.41. The fourth-order valence-corrected chi connectivity index (χ4v) is 3.17. The number of alkyl halides is 2. The summed E-state index contributed by atoms with van der Waals surface area (Å²) in [5, 5.41) is 3.51. The Hall–Kier alpha value is -2.78. The summed E-state index contributed by atoms with van der Waals surface area (Å²) in [4.78, 5) is 16.8. The van der Waals surface area contributed by atoms with Crippen LogP contribution in [0.4, 0.5) is 29.8 Å². The van der Waals surface area contributed by atoms with Crippen LogP contribution in [0.2, 0.25) is 5.02 Å². The van der Waals surface area contributed by atoms with E-state index in [0.717, 1.165) is 23.5 Å². The Balaban J connectivity index is 1.79. The van der Waals surface area contributed by atoms with Crippen molar-refractivity contribution in [2.75, 3.05) is 11.1 Å². The smallest absolute Gasteiger partial charge is 0.387 e. The second-order valence-corrected chi connectivity index (χ2v) is 6.65. The van der Waals surface area contributed by atoms with E-state index >= 15 is 0 Å². The van der Waals surface area contributed by atoms with E-state index in [2.05, 4.69) is 15.0 Å². The number of anilines is 3. The van der Waals surface area contributed by atoms with Gasteiger partial charge < -0.3 is 15.8 Å². The standard InChI is InChI=1S/C17H11ClF3N3O2S/c18-9-3-1-8(2-4-9)13(25)14-15(22)24-17(27-14)23-10-5-6-12(11(19)7-10)26-16(20)21/h1-7,16H,22H2,(H,23,24). The molecule has 3 N–H and O–H groups in total. The summed E-state index contributed by atoms with van der Waals surface area (Å²) in [5.74, 6) is -1.86. The number of hydrogen-bond donors (Lipinski definition) is 2. The van der Waals surface area contributed by atoms with Gasteiger partial charge in [-0.15, -0.1) is 0 Å². The predicted molar refractivity (Wildman–Crippen MR) is 97.7 cm³/mol. The van der Waals surface area contributed by atoms with Crippen molar-refractivity contribution in [3.8, 4) is 5.75 Å². The van der Waals surface area contributed by atoms with Gasteiger partial charge in [-0.3, -0.25) is 4.79 Å². The summed E-state index contributed by atoms with van der Waals surface area (Å²) in [6, 6.07) is 9.64. The number of nitrogens with one attached hydrogen (secondary N) is 1. The molecule has 0 unspecified atom stereocenters. The Labute approximate surface area is 160 Å². The van der Waals surface area contributed by atoms with Crippen LogP contribution in [0, 0.1) is 5.82 Å². The molecule has 0 fully saturated rings. The zero-order chi connectivity index (χ0) is 19.6. The predicted octanol–water partition coefficient (Wildman–Crippen LogP) is 5.09. The molecule has 0 atom stereocenters. The topological polar surface area (TPSA) is 77.2 Å². The molecule has 0 aliphatic heterocycles. The molecule has 1 aromatic heterocycles. The van der Waals surface area contributed by atoms with E-state index < -0.39 is 18.2 Å². The van der Waals surface area contributed by atoms with Gasteiger partial charge in [-0.05, 0) is 36.4 Å². The Morgan fingerprint density at radius 1 is 1.22 bits per heavy atom. The maximum Gasteiger partial charge on any atom is 0.387 e. The zero-order valence-electron chi connectivity index (χ0n) is 13.4. The number of benzene rings is 2. The third-order valence-corrected chi connectivity index (χ3v) is 4.60. The molecule has 1 heterocycles. The number of ether oxygens (including phenoxy) is 1. The van der Waals surface area contributed by atoms with Gasteiger partial charge in [0, 0.05) is 22.3 Å². The third-order valence-electron chi connectivity index (χ3n) is 3.37. The average Bonchev–Trinajstić information content (AvgIpc) is 2.97. The molecule has 3 rings (SSSR count). The van der Waals surface area contributed by atoms with Crippen LogP contribution in [-0.4, -0.2) is 17.4 Å². The first-order chi connectivity index (χ1) is 12.8. The molecule has 140 valence electrons. The van der Waals surface area contributed by atoms with Gasteiger partial charge in [-0.1, -0.05) is 22.9 Å². The second-order valence-electron chi connectivity index (χ2n) is 5.22. The lowest BCUT2D eigenvalue weighted by Gasteiger charge is -2.07. The van der Waals surface area contributed by atoms with Crippen LogP contribution >= 0.6 is 22.9 Å². The highest BCUT2D eigenvalue weighted by molar-refractivity contribution is 7.18. The van der Waals surface area contributed by atoms with E-state index in [1.807, 2.05) is 0 Å². The Kier molecular flexibility index (Phi) is 5.52. The molecule has 0 aliphatic rings. The number of hydrogen-bond acceptors (Lipinski definition) is 6.